The van der Waals surface area contributed by atoms with Gasteiger partial charge < -0.3 is 10.3 Å². The van der Waals surface area contributed by atoms with Crippen molar-refractivity contribution < 1.29 is 0 Å². The van der Waals surface area contributed by atoms with Crippen LogP contribution in [-0.2, 0) is 20.0 Å². The number of hydrogen-bond donors (Lipinski definition) is 1. The van der Waals surface area contributed by atoms with Crippen LogP contribution in [0.1, 0.15) is 5.82 Å². The van der Waals surface area contributed by atoms with Gasteiger partial charge in [-0.2, -0.15) is 0 Å². The summed E-state index contributed by atoms with van der Waals surface area (Å²) in [4.78, 5) is 12.9. The molecule has 6 heteroatoms. The van der Waals surface area contributed by atoms with Gasteiger partial charge in [-0.1, -0.05) is 0 Å². The van der Waals surface area contributed by atoms with E-state index >= 15 is 0 Å². The van der Waals surface area contributed by atoms with Crippen molar-refractivity contribution in [2.75, 3.05) is 5.73 Å². The summed E-state index contributed by atoms with van der Waals surface area (Å²) in [6.07, 6.45) is 6.28. The fourth-order valence-electron chi connectivity index (χ4n) is 2.05. The van der Waals surface area contributed by atoms with Gasteiger partial charge in [0.1, 0.15) is 11.3 Å². The van der Waals surface area contributed by atoms with Crippen LogP contribution in [0.25, 0.3) is 11.2 Å². The van der Waals surface area contributed by atoms with Gasteiger partial charge >= 0.3 is 0 Å². The first-order valence-corrected chi connectivity index (χ1v) is 5.78. The van der Waals surface area contributed by atoms with E-state index in [1.54, 1.807) is 12.4 Å². The van der Waals surface area contributed by atoms with E-state index in [1.165, 1.54) is 0 Å². The van der Waals surface area contributed by atoms with Gasteiger partial charge in [0, 0.05) is 38.6 Å². The van der Waals surface area contributed by atoms with E-state index < -0.39 is 0 Å². The largest absolute Gasteiger partial charge is 0.369 e. The number of anilines is 1. The molecule has 2 N–H and O–H groups in total. The molecule has 3 aromatic heterocycles. The van der Waals surface area contributed by atoms with E-state index in [0.29, 0.717) is 5.95 Å². The standard InChI is InChI=1S/C12H14N6/c1-17-8-6-14-10(17)4-7-18-11-9(16-12(18)13)3-2-5-15-11/h2-3,5-6,8H,4,7H2,1H3,(H2,13,16). The van der Waals surface area contributed by atoms with Crippen molar-refractivity contribution in [2.24, 2.45) is 7.05 Å². The van der Waals surface area contributed by atoms with Gasteiger partial charge in [0.15, 0.2) is 5.65 Å². The van der Waals surface area contributed by atoms with Crippen molar-refractivity contribution in [3.05, 3.63) is 36.5 Å². The van der Waals surface area contributed by atoms with Crippen molar-refractivity contribution in [1.29, 1.82) is 0 Å². The summed E-state index contributed by atoms with van der Waals surface area (Å²) < 4.78 is 3.92. The number of nitrogens with zero attached hydrogens (tertiary/aromatic N) is 5. The minimum Gasteiger partial charge on any atom is -0.369 e. The lowest BCUT2D eigenvalue weighted by atomic mass is 10.4. The summed E-state index contributed by atoms with van der Waals surface area (Å²) in [6, 6.07) is 3.77. The Kier molecular flexibility index (Phi) is 2.47. The Bertz CT molecular complexity index is 681. The second kappa shape index (κ2) is 4.14. The quantitative estimate of drug-likeness (QED) is 0.743. The highest BCUT2D eigenvalue weighted by molar-refractivity contribution is 5.73. The molecule has 18 heavy (non-hydrogen) atoms. The Hall–Kier alpha value is -2.37. The molecule has 3 heterocycles. The van der Waals surface area contributed by atoms with Crippen molar-refractivity contribution >= 4 is 17.1 Å². The number of aryl methyl sites for hydroxylation is 3. The monoisotopic (exact) mass is 242 g/mol. The molecule has 3 rings (SSSR count). The van der Waals surface area contributed by atoms with Gasteiger partial charge in [-0.25, -0.2) is 15.0 Å². The molecule has 6 nitrogen and oxygen atoms in total. The summed E-state index contributed by atoms with van der Waals surface area (Å²) in [7, 11) is 1.98. The molecule has 0 aliphatic heterocycles. The van der Waals surface area contributed by atoms with Gasteiger partial charge in [0.2, 0.25) is 5.95 Å². The van der Waals surface area contributed by atoms with E-state index in [9.17, 15) is 0 Å². The lowest BCUT2D eigenvalue weighted by Crippen LogP contribution is -2.08. The van der Waals surface area contributed by atoms with E-state index in [1.807, 2.05) is 34.5 Å². The smallest absolute Gasteiger partial charge is 0.202 e. The Labute approximate surface area is 104 Å². The predicted octanol–water partition coefficient (Wildman–Crippen LogP) is 0.990. The lowest BCUT2D eigenvalue weighted by molar-refractivity contribution is 0.666. The summed E-state index contributed by atoms with van der Waals surface area (Å²) in [5, 5.41) is 0. The molecule has 0 aromatic carbocycles. The average molecular weight is 242 g/mol. The zero-order valence-corrected chi connectivity index (χ0v) is 10.1. The van der Waals surface area contributed by atoms with Crippen LogP contribution in [0.2, 0.25) is 0 Å². The average Bonchev–Trinajstić information content (AvgIpc) is 2.90. The van der Waals surface area contributed by atoms with Gasteiger partial charge in [0.05, 0.1) is 0 Å². The van der Waals surface area contributed by atoms with E-state index in [2.05, 4.69) is 15.0 Å². The van der Waals surface area contributed by atoms with Crippen LogP contribution in [0.5, 0.6) is 0 Å². The number of imidazole rings is 2. The number of nitrogen functional groups attached to an aromatic ring is 1. The normalized spacial score (nSPS) is 11.2. The summed E-state index contributed by atoms with van der Waals surface area (Å²) >= 11 is 0. The molecule has 0 spiro atoms. The van der Waals surface area contributed by atoms with Crippen molar-refractivity contribution in [2.45, 2.75) is 13.0 Å². The van der Waals surface area contributed by atoms with Crippen LogP contribution < -0.4 is 5.73 Å². The molecule has 0 fully saturated rings. The zero-order chi connectivity index (χ0) is 12.5. The molecule has 0 unspecified atom stereocenters. The molecule has 3 aromatic rings. The lowest BCUT2D eigenvalue weighted by Gasteiger charge is -2.05. The third-order valence-electron chi connectivity index (χ3n) is 3.01. The number of hydrogen-bond acceptors (Lipinski definition) is 4. The number of aromatic nitrogens is 5. The molecule has 0 amide bonds. The fourth-order valence-corrected chi connectivity index (χ4v) is 2.05. The summed E-state index contributed by atoms with van der Waals surface area (Å²) in [5.41, 5.74) is 7.57. The van der Waals surface area contributed by atoms with Gasteiger partial charge in [-0.05, 0) is 12.1 Å². The molecule has 0 saturated carbocycles. The van der Waals surface area contributed by atoms with Crippen LogP contribution in [0.4, 0.5) is 5.95 Å². The third-order valence-corrected chi connectivity index (χ3v) is 3.01. The Morgan fingerprint density at radius 2 is 2.17 bits per heavy atom. The summed E-state index contributed by atoms with van der Waals surface area (Å²) in [6.45, 7) is 0.726. The van der Waals surface area contributed by atoms with Crippen LogP contribution in [0.3, 0.4) is 0 Å². The Morgan fingerprint density at radius 1 is 1.28 bits per heavy atom. The second-order valence-electron chi connectivity index (χ2n) is 4.17. The number of pyridine rings is 1. The first-order chi connectivity index (χ1) is 8.75. The number of fused-ring (bicyclic) bond motifs is 1. The minimum absolute atomic E-state index is 0.498. The van der Waals surface area contributed by atoms with Crippen molar-refractivity contribution in [1.82, 2.24) is 24.1 Å². The van der Waals surface area contributed by atoms with Crippen molar-refractivity contribution in [3.63, 3.8) is 0 Å². The minimum atomic E-state index is 0.498. The molecule has 0 bridgehead atoms. The van der Waals surface area contributed by atoms with E-state index in [-0.39, 0.29) is 0 Å². The summed E-state index contributed by atoms with van der Waals surface area (Å²) in [5.74, 6) is 1.52. The molecule has 0 aliphatic rings. The molecule has 92 valence electrons. The van der Waals surface area contributed by atoms with Gasteiger partial charge in [-0.3, -0.25) is 4.57 Å². The molecular formula is C12H14N6. The third kappa shape index (κ3) is 1.71. The van der Waals surface area contributed by atoms with E-state index in [0.717, 1.165) is 30.0 Å². The maximum Gasteiger partial charge on any atom is 0.202 e. The molecule has 0 radical (unpaired) electrons. The van der Waals surface area contributed by atoms with Gasteiger partial charge in [0.25, 0.3) is 0 Å². The SMILES string of the molecule is Cn1ccnc1CCn1c(N)nc2cccnc21. The molecule has 0 saturated heterocycles. The van der Waals surface area contributed by atoms with Gasteiger partial charge in [-0.15, -0.1) is 0 Å². The maximum atomic E-state index is 5.92. The highest BCUT2D eigenvalue weighted by atomic mass is 15.2. The maximum absolute atomic E-state index is 5.92. The topological polar surface area (TPSA) is 74.5 Å². The van der Waals surface area contributed by atoms with Crippen LogP contribution in [0, 0.1) is 0 Å². The Balaban J connectivity index is 1.91. The molecule has 0 atom stereocenters. The molecule has 0 aliphatic carbocycles. The van der Waals surface area contributed by atoms with E-state index in [4.69, 9.17) is 5.73 Å². The Morgan fingerprint density at radius 3 is 2.94 bits per heavy atom. The predicted molar refractivity (Wildman–Crippen MR) is 68.9 cm³/mol. The first-order valence-electron chi connectivity index (χ1n) is 5.78. The first kappa shape index (κ1) is 10.8. The van der Waals surface area contributed by atoms with Crippen molar-refractivity contribution in [3.8, 4) is 0 Å². The van der Waals surface area contributed by atoms with Crippen LogP contribution in [0.15, 0.2) is 30.7 Å². The highest BCUT2D eigenvalue weighted by Crippen LogP contribution is 2.15. The fraction of sp³-hybridized carbons (Fsp3) is 0.250. The van der Waals surface area contributed by atoms with Crippen LogP contribution in [-0.4, -0.2) is 24.1 Å². The van der Waals surface area contributed by atoms with Crippen LogP contribution >= 0.6 is 0 Å². The molecular weight excluding hydrogens is 228 g/mol. The number of nitrogens with two attached hydrogens (primary N) is 1. The number of rotatable bonds is 3. The highest BCUT2D eigenvalue weighted by Gasteiger charge is 2.09. The zero-order valence-electron chi connectivity index (χ0n) is 10.1. The second-order valence-corrected chi connectivity index (χ2v) is 4.17.